The van der Waals surface area contributed by atoms with Crippen LogP contribution in [0.15, 0.2) is 27.8 Å². The van der Waals surface area contributed by atoms with Crippen LogP contribution in [0.4, 0.5) is 5.69 Å². The monoisotopic (exact) mass is 291 g/mol. The average molecular weight is 291 g/mol. The highest BCUT2D eigenvalue weighted by molar-refractivity contribution is 5.78. The highest BCUT2D eigenvalue weighted by atomic mass is 16.5. The van der Waals surface area contributed by atoms with Crippen LogP contribution >= 0.6 is 0 Å². The van der Waals surface area contributed by atoms with Gasteiger partial charge in [0, 0.05) is 18.8 Å². The van der Waals surface area contributed by atoms with E-state index in [4.69, 9.17) is 4.74 Å². The minimum absolute atomic E-state index is 0.201. The van der Waals surface area contributed by atoms with Gasteiger partial charge in [0.15, 0.2) is 0 Å². The van der Waals surface area contributed by atoms with Crippen LogP contribution < -0.4 is 16.4 Å². The molecule has 0 bridgehead atoms. The number of hydrogen-bond donors (Lipinski definition) is 3. The summed E-state index contributed by atoms with van der Waals surface area (Å²) in [6.45, 7) is 6.14. The van der Waals surface area contributed by atoms with Crippen LogP contribution in [0.1, 0.15) is 27.2 Å². The number of fused-ring (bicyclic) bond motifs is 1. The van der Waals surface area contributed by atoms with Gasteiger partial charge in [-0.05, 0) is 45.4 Å². The van der Waals surface area contributed by atoms with Gasteiger partial charge in [0.1, 0.15) is 0 Å². The van der Waals surface area contributed by atoms with Crippen molar-refractivity contribution in [1.29, 1.82) is 0 Å². The van der Waals surface area contributed by atoms with Crippen molar-refractivity contribution in [3.05, 3.63) is 38.9 Å². The Morgan fingerprint density at radius 2 is 1.81 bits per heavy atom. The van der Waals surface area contributed by atoms with E-state index in [0.29, 0.717) is 11.0 Å². The molecule has 21 heavy (non-hydrogen) atoms. The van der Waals surface area contributed by atoms with Crippen molar-refractivity contribution < 1.29 is 4.74 Å². The Morgan fingerprint density at radius 3 is 2.43 bits per heavy atom. The Morgan fingerprint density at radius 1 is 1.19 bits per heavy atom. The Kier molecular flexibility index (Phi) is 4.18. The highest BCUT2D eigenvalue weighted by Gasteiger charge is 2.20. The number of anilines is 1. The summed E-state index contributed by atoms with van der Waals surface area (Å²) >= 11 is 0. The molecule has 0 fully saturated rings. The fraction of sp³-hybridized carbons (Fsp3) is 0.467. The quantitative estimate of drug-likeness (QED) is 0.733. The van der Waals surface area contributed by atoms with Crippen LogP contribution in [0.2, 0.25) is 0 Å². The third kappa shape index (κ3) is 3.72. The maximum absolute atomic E-state index is 11.4. The van der Waals surface area contributed by atoms with Gasteiger partial charge < -0.3 is 20.0 Å². The molecule has 1 atom stereocenters. The van der Waals surface area contributed by atoms with E-state index in [1.165, 1.54) is 0 Å². The number of methoxy groups -OCH3 is 1. The Balaban J connectivity index is 2.21. The van der Waals surface area contributed by atoms with Gasteiger partial charge in [-0.15, -0.1) is 0 Å². The van der Waals surface area contributed by atoms with Crippen molar-refractivity contribution in [2.24, 2.45) is 0 Å². The molecule has 0 spiro atoms. The summed E-state index contributed by atoms with van der Waals surface area (Å²) in [5.74, 6) is 0. The molecule has 6 heteroatoms. The van der Waals surface area contributed by atoms with Crippen LogP contribution in [0.3, 0.4) is 0 Å². The SMILES string of the molecule is COC(C)(C)CC(C)Nc1ccc2[nH]c(=O)c(=O)[nH]c2c1. The van der Waals surface area contributed by atoms with Crippen LogP contribution in [0.5, 0.6) is 0 Å². The summed E-state index contributed by atoms with van der Waals surface area (Å²) in [6, 6.07) is 5.64. The third-order valence-corrected chi connectivity index (χ3v) is 3.49. The second-order valence-corrected chi connectivity index (χ2v) is 5.88. The first-order valence-corrected chi connectivity index (χ1v) is 6.89. The minimum atomic E-state index is -0.645. The molecule has 0 aliphatic heterocycles. The van der Waals surface area contributed by atoms with Gasteiger partial charge in [-0.3, -0.25) is 9.59 Å². The van der Waals surface area contributed by atoms with E-state index in [2.05, 4.69) is 22.2 Å². The summed E-state index contributed by atoms with van der Waals surface area (Å²) in [4.78, 5) is 27.7. The van der Waals surface area contributed by atoms with Crippen molar-refractivity contribution >= 4 is 16.7 Å². The van der Waals surface area contributed by atoms with E-state index >= 15 is 0 Å². The van der Waals surface area contributed by atoms with Crippen LogP contribution in [0, 0.1) is 0 Å². The number of benzene rings is 1. The molecule has 1 aromatic carbocycles. The molecule has 6 nitrogen and oxygen atoms in total. The van der Waals surface area contributed by atoms with Gasteiger partial charge in [0.05, 0.1) is 16.6 Å². The molecule has 0 aliphatic rings. The van der Waals surface area contributed by atoms with E-state index in [9.17, 15) is 9.59 Å². The summed E-state index contributed by atoms with van der Waals surface area (Å²) < 4.78 is 5.42. The predicted octanol–water partition coefficient (Wildman–Crippen LogP) is 1.83. The molecule has 2 rings (SSSR count). The van der Waals surface area contributed by atoms with Crippen molar-refractivity contribution in [3.8, 4) is 0 Å². The van der Waals surface area contributed by atoms with Crippen LogP contribution in [-0.4, -0.2) is 28.7 Å². The van der Waals surface area contributed by atoms with E-state index in [1.54, 1.807) is 13.2 Å². The predicted molar refractivity (Wildman–Crippen MR) is 84.0 cm³/mol. The maximum atomic E-state index is 11.4. The number of aromatic amines is 2. The molecule has 114 valence electrons. The smallest absolute Gasteiger partial charge is 0.314 e. The molecule has 1 heterocycles. The van der Waals surface area contributed by atoms with Gasteiger partial charge in [0.2, 0.25) is 0 Å². The lowest BCUT2D eigenvalue weighted by Crippen LogP contribution is -2.31. The normalized spacial score (nSPS) is 13.3. The molecule has 0 radical (unpaired) electrons. The second-order valence-electron chi connectivity index (χ2n) is 5.88. The molecule has 3 N–H and O–H groups in total. The van der Waals surface area contributed by atoms with Crippen LogP contribution in [0.25, 0.3) is 11.0 Å². The standard InChI is InChI=1S/C15H21N3O3/c1-9(8-15(2,3)21-4)16-10-5-6-11-12(7-10)18-14(20)13(19)17-11/h5-7,9,16H,8H2,1-4H3,(H,17,19)(H,18,20). The fourth-order valence-corrected chi connectivity index (χ4v) is 2.36. The number of rotatable bonds is 5. The summed E-state index contributed by atoms with van der Waals surface area (Å²) in [6.07, 6.45) is 0.837. The fourth-order valence-electron chi connectivity index (χ4n) is 2.36. The minimum Gasteiger partial charge on any atom is -0.382 e. The molecule has 2 aromatic rings. The Labute approximate surface area is 122 Å². The first-order valence-electron chi connectivity index (χ1n) is 6.89. The number of aromatic nitrogens is 2. The molecular formula is C15H21N3O3. The van der Waals surface area contributed by atoms with Gasteiger partial charge in [0.25, 0.3) is 0 Å². The van der Waals surface area contributed by atoms with Crippen molar-refractivity contribution in [2.45, 2.75) is 38.8 Å². The Bertz CT molecular complexity index is 746. The van der Waals surface area contributed by atoms with Crippen molar-refractivity contribution in [3.63, 3.8) is 0 Å². The maximum Gasteiger partial charge on any atom is 0.314 e. The van der Waals surface area contributed by atoms with E-state index in [1.807, 2.05) is 26.0 Å². The summed E-state index contributed by atoms with van der Waals surface area (Å²) in [5, 5.41) is 3.36. The van der Waals surface area contributed by atoms with Gasteiger partial charge in [-0.1, -0.05) is 0 Å². The summed E-state index contributed by atoms with van der Waals surface area (Å²) in [5.41, 5.74) is 0.595. The number of nitrogens with one attached hydrogen (secondary N) is 3. The van der Waals surface area contributed by atoms with Crippen molar-refractivity contribution in [2.75, 3.05) is 12.4 Å². The Hall–Kier alpha value is -2.08. The first kappa shape index (κ1) is 15.3. The first-order chi connectivity index (χ1) is 9.80. The van der Waals surface area contributed by atoms with Gasteiger partial charge in [-0.2, -0.15) is 0 Å². The number of H-pyrrole nitrogens is 2. The molecule has 0 saturated carbocycles. The summed E-state index contributed by atoms with van der Waals surface area (Å²) in [7, 11) is 1.70. The number of ether oxygens (including phenoxy) is 1. The van der Waals surface area contributed by atoms with E-state index < -0.39 is 11.1 Å². The zero-order valence-corrected chi connectivity index (χ0v) is 12.7. The van der Waals surface area contributed by atoms with Gasteiger partial charge >= 0.3 is 11.1 Å². The second kappa shape index (κ2) is 5.73. The van der Waals surface area contributed by atoms with Crippen molar-refractivity contribution in [1.82, 2.24) is 9.97 Å². The molecular weight excluding hydrogens is 270 g/mol. The van der Waals surface area contributed by atoms with Crippen LogP contribution in [-0.2, 0) is 4.74 Å². The molecule has 1 aromatic heterocycles. The largest absolute Gasteiger partial charge is 0.382 e. The lowest BCUT2D eigenvalue weighted by molar-refractivity contribution is 0.0128. The van der Waals surface area contributed by atoms with E-state index in [0.717, 1.165) is 12.1 Å². The molecule has 0 amide bonds. The highest BCUT2D eigenvalue weighted by Crippen LogP contribution is 2.20. The molecule has 0 saturated heterocycles. The molecule has 1 unspecified atom stereocenters. The topological polar surface area (TPSA) is 87.0 Å². The van der Waals surface area contributed by atoms with Gasteiger partial charge in [-0.25, -0.2) is 0 Å². The number of hydrogen-bond acceptors (Lipinski definition) is 4. The molecule has 0 aliphatic carbocycles. The lowest BCUT2D eigenvalue weighted by atomic mass is 9.99. The average Bonchev–Trinajstić information content (AvgIpc) is 2.40. The zero-order valence-electron chi connectivity index (χ0n) is 12.7. The van der Waals surface area contributed by atoms with E-state index in [-0.39, 0.29) is 11.6 Å². The lowest BCUT2D eigenvalue weighted by Gasteiger charge is -2.27. The third-order valence-electron chi connectivity index (χ3n) is 3.49. The zero-order chi connectivity index (χ0) is 15.6.